The van der Waals surface area contributed by atoms with E-state index in [1.807, 2.05) is 0 Å². The minimum atomic E-state index is 0.326. The molecule has 2 aliphatic rings. The van der Waals surface area contributed by atoms with Crippen LogP contribution in [0.3, 0.4) is 0 Å². The molecule has 1 fully saturated rings. The molecule has 1 aliphatic carbocycles. The predicted molar refractivity (Wildman–Crippen MR) is 78.6 cm³/mol. The molecular formula is C17H25NO. The maximum atomic E-state index is 5.98. The lowest BCUT2D eigenvalue weighted by molar-refractivity contribution is 0.181. The molecule has 1 aromatic rings. The van der Waals surface area contributed by atoms with Crippen molar-refractivity contribution < 1.29 is 4.74 Å². The molecule has 3 rings (SSSR count). The van der Waals surface area contributed by atoms with Crippen molar-refractivity contribution in [3.05, 3.63) is 29.8 Å². The lowest BCUT2D eigenvalue weighted by atomic mass is 9.75. The van der Waals surface area contributed by atoms with Crippen LogP contribution in [0.1, 0.15) is 45.1 Å². The SMILES string of the molecule is CC1(C)CCC(NCC2Cc3ccccc3O2)CC1. The largest absolute Gasteiger partial charge is 0.488 e. The molecule has 1 saturated carbocycles. The molecule has 2 heteroatoms. The Morgan fingerprint density at radius 1 is 1.21 bits per heavy atom. The van der Waals surface area contributed by atoms with Crippen LogP contribution in [-0.2, 0) is 6.42 Å². The van der Waals surface area contributed by atoms with E-state index < -0.39 is 0 Å². The van der Waals surface area contributed by atoms with E-state index in [1.165, 1.54) is 31.2 Å². The van der Waals surface area contributed by atoms with Gasteiger partial charge >= 0.3 is 0 Å². The van der Waals surface area contributed by atoms with E-state index in [2.05, 4.69) is 43.4 Å². The zero-order valence-electron chi connectivity index (χ0n) is 12.1. The van der Waals surface area contributed by atoms with Gasteiger partial charge < -0.3 is 10.1 Å². The first-order valence-corrected chi connectivity index (χ1v) is 7.60. The van der Waals surface area contributed by atoms with Gasteiger partial charge in [-0.1, -0.05) is 32.0 Å². The van der Waals surface area contributed by atoms with Gasteiger partial charge in [0, 0.05) is 19.0 Å². The molecule has 1 N–H and O–H groups in total. The number of ether oxygens (including phenoxy) is 1. The lowest BCUT2D eigenvalue weighted by Crippen LogP contribution is -2.40. The number of nitrogens with one attached hydrogen (secondary N) is 1. The van der Waals surface area contributed by atoms with Crippen LogP contribution in [0.5, 0.6) is 5.75 Å². The number of benzene rings is 1. The van der Waals surface area contributed by atoms with E-state index in [9.17, 15) is 0 Å². The average Bonchev–Trinajstić information content (AvgIpc) is 2.80. The van der Waals surface area contributed by atoms with E-state index in [0.717, 1.165) is 18.7 Å². The van der Waals surface area contributed by atoms with Crippen LogP contribution in [0.15, 0.2) is 24.3 Å². The quantitative estimate of drug-likeness (QED) is 0.896. The molecule has 1 aliphatic heterocycles. The third-order valence-corrected chi connectivity index (χ3v) is 4.69. The maximum Gasteiger partial charge on any atom is 0.123 e. The molecule has 1 unspecified atom stereocenters. The van der Waals surface area contributed by atoms with Gasteiger partial charge in [-0.3, -0.25) is 0 Å². The Balaban J connectivity index is 1.45. The second kappa shape index (κ2) is 5.16. The summed E-state index contributed by atoms with van der Waals surface area (Å²) in [6.45, 7) is 5.76. The summed E-state index contributed by atoms with van der Waals surface area (Å²) in [5.74, 6) is 1.08. The van der Waals surface area contributed by atoms with Crippen molar-refractivity contribution in [2.24, 2.45) is 5.41 Å². The van der Waals surface area contributed by atoms with Gasteiger partial charge in [0.15, 0.2) is 0 Å². The summed E-state index contributed by atoms with van der Waals surface area (Å²) in [5.41, 5.74) is 1.91. The fourth-order valence-electron chi connectivity index (χ4n) is 3.27. The first kappa shape index (κ1) is 13.0. The predicted octanol–water partition coefficient (Wildman–Crippen LogP) is 3.55. The van der Waals surface area contributed by atoms with Crippen molar-refractivity contribution in [3.63, 3.8) is 0 Å². The smallest absolute Gasteiger partial charge is 0.123 e. The van der Waals surface area contributed by atoms with E-state index in [-0.39, 0.29) is 0 Å². The Morgan fingerprint density at radius 2 is 1.95 bits per heavy atom. The average molecular weight is 259 g/mol. The molecule has 19 heavy (non-hydrogen) atoms. The van der Waals surface area contributed by atoms with Crippen molar-refractivity contribution in [2.45, 2.75) is 58.1 Å². The van der Waals surface area contributed by atoms with Crippen molar-refractivity contribution in [1.29, 1.82) is 0 Å². The van der Waals surface area contributed by atoms with Crippen LogP contribution < -0.4 is 10.1 Å². The van der Waals surface area contributed by atoms with Gasteiger partial charge in [-0.2, -0.15) is 0 Å². The first-order chi connectivity index (χ1) is 9.12. The molecule has 0 spiro atoms. The number of fused-ring (bicyclic) bond motifs is 1. The highest BCUT2D eigenvalue weighted by molar-refractivity contribution is 5.37. The van der Waals surface area contributed by atoms with Crippen LogP contribution in [-0.4, -0.2) is 18.7 Å². The summed E-state index contributed by atoms with van der Waals surface area (Å²) in [4.78, 5) is 0. The molecule has 0 radical (unpaired) electrons. The third kappa shape index (κ3) is 3.11. The summed E-state index contributed by atoms with van der Waals surface area (Å²) >= 11 is 0. The molecule has 1 heterocycles. The van der Waals surface area contributed by atoms with Crippen molar-refractivity contribution in [1.82, 2.24) is 5.32 Å². The summed E-state index contributed by atoms with van der Waals surface area (Å²) < 4.78 is 5.98. The fourth-order valence-corrected chi connectivity index (χ4v) is 3.27. The first-order valence-electron chi connectivity index (χ1n) is 7.60. The Bertz CT molecular complexity index is 406. The molecule has 0 aromatic heterocycles. The normalized spacial score (nSPS) is 25.9. The summed E-state index contributed by atoms with van der Waals surface area (Å²) in [7, 11) is 0. The van der Waals surface area contributed by atoms with E-state index in [0.29, 0.717) is 17.6 Å². The van der Waals surface area contributed by atoms with Gasteiger partial charge in [-0.15, -0.1) is 0 Å². The minimum absolute atomic E-state index is 0.326. The molecule has 1 aromatic carbocycles. The van der Waals surface area contributed by atoms with Crippen molar-refractivity contribution in [3.8, 4) is 5.75 Å². The highest BCUT2D eigenvalue weighted by Crippen LogP contribution is 2.35. The summed E-state index contributed by atoms with van der Waals surface area (Å²) in [6, 6.07) is 9.11. The third-order valence-electron chi connectivity index (χ3n) is 4.69. The summed E-state index contributed by atoms with van der Waals surface area (Å²) in [6.07, 6.45) is 6.69. The molecule has 2 nitrogen and oxygen atoms in total. The maximum absolute atomic E-state index is 5.98. The zero-order chi connectivity index (χ0) is 13.3. The number of para-hydroxylation sites is 1. The molecule has 0 saturated heterocycles. The second-order valence-corrected chi connectivity index (χ2v) is 6.90. The van der Waals surface area contributed by atoms with Crippen LogP contribution in [0, 0.1) is 5.41 Å². The molecule has 1 atom stereocenters. The Kier molecular flexibility index (Phi) is 3.53. The van der Waals surface area contributed by atoms with Gasteiger partial charge in [0.1, 0.15) is 11.9 Å². The second-order valence-electron chi connectivity index (χ2n) is 6.90. The molecular weight excluding hydrogens is 234 g/mol. The van der Waals surface area contributed by atoms with E-state index in [1.54, 1.807) is 0 Å². The summed E-state index contributed by atoms with van der Waals surface area (Å²) in [5, 5.41) is 3.71. The van der Waals surface area contributed by atoms with Gasteiger partial charge in [0.25, 0.3) is 0 Å². The van der Waals surface area contributed by atoms with Crippen LogP contribution in [0.25, 0.3) is 0 Å². The fraction of sp³-hybridized carbons (Fsp3) is 0.647. The lowest BCUT2D eigenvalue weighted by Gasteiger charge is -2.35. The highest BCUT2D eigenvalue weighted by Gasteiger charge is 2.28. The van der Waals surface area contributed by atoms with Gasteiger partial charge in [-0.05, 0) is 42.7 Å². The number of rotatable bonds is 3. The van der Waals surface area contributed by atoms with Gasteiger partial charge in [-0.25, -0.2) is 0 Å². The number of hydrogen-bond acceptors (Lipinski definition) is 2. The highest BCUT2D eigenvalue weighted by atomic mass is 16.5. The van der Waals surface area contributed by atoms with Crippen LogP contribution in [0.2, 0.25) is 0 Å². The number of hydrogen-bond donors (Lipinski definition) is 1. The monoisotopic (exact) mass is 259 g/mol. The molecule has 104 valence electrons. The van der Waals surface area contributed by atoms with Crippen molar-refractivity contribution in [2.75, 3.05) is 6.54 Å². The Hall–Kier alpha value is -1.02. The van der Waals surface area contributed by atoms with E-state index >= 15 is 0 Å². The zero-order valence-corrected chi connectivity index (χ0v) is 12.1. The van der Waals surface area contributed by atoms with Crippen LogP contribution in [0.4, 0.5) is 0 Å². The standard InChI is InChI=1S/C17H25NO/c1-17(2)9-7-14(8-10-17)18-12-15-11-13-5-3-4-6-16(13)19-15/h3-6,14-15,18H,7-12H2,1-2H3. The Morgan fingerprint density at radius 3 is 2.68 bits per heavy atom. The minimum Gasteiger partial charge on any atom is -0.488 e. The molecule has 0 amide bonds. The van der Waals surface area contributed by atoms with Crippen LogP contribution >= 0.6 is 0 Å². The molecule has 0 bridgehead atoms. The Labute approximate surface area is 116 Å². The topological polar surface area (TPSA) is 21.3 Å². The van der Waals surface area contributed by atoms with Gasteiger partial charge in [0.05, 0.1) is 0 Å². The van der Waals surface area contributed by atoms with Gasteiger partial charge in [0.2, 0.25) is 0 Å². The van der Waals surface area contributed by atoms with Crippen molar-refractivity contribution >= 4 is 0 Å². The van der Waals surface area contributed by atoms with E-state index in [4.69, 9.17) is 4.74 Å².